The van der Waals surface area contributed by atoms with E-state index in [0.29, 0.717) is 6.54 Å². The van der Waals surface area contributed by atoms with Crippen molar-refractivity contribution in [3.8, 4) is 0 Å². The summed E-state index contributed by atoms with van der Waals surface area (Å²) >= 11 is 0. The SMILES string of the molecule is CCCc1c(NC)ncnc1N(CCC)CC(=O)N(C)C. The Hall–Kier alpha value is -1.85. The fourth-order valence-corrected chi connectivity index (χ4v) is 2.21. The Morgan fingerprint density at radius 1 is 1.24 bits per heavy atom. The summed E-state index contributed by atoms with van der Waals surface area (Å²) in [5, 5.41) is 3.12. The second kappa shape index (κ2) is 8.44. The van der Waals surface area contributed by atoms with Crippen molar-refractivity contribution in [2.24, 2.45) is 0 Å². The van der Waals surface area contributed by atoms with Gasteiger partial charge >= 0.3 is 0 Å². The third-order valence-corrected chi connectivity index (χ3v) is 3.28. The van der Waals surface area contributed by atoms with E-state index in [-0.39, 0.29) is 5.91 Å². The van der Waals surface area contributed by atoms with Crippen LogP contribution in [-0.4, -0.2) is 55.0 Å². The van der Waals surface area contributed by atoms with Crippen LogP contribution in [0.1, 0.15) is 32.3 Å². The number of carbonyl (C=O) groups is 1. The van der Waals surface area contributed by atoms with Gasteiger partial charge in [-0.05, 0) is 12.8 Å². The lowest BCUT2D eigenvalue weighted by atomic mass is 10.1. The molecule has 6 heteroatoms. The molecule has 1 amide bonds. The maximum atomic E-state index is 12.1. The van der Waals surface area contributed by atoms with Crippen molar-refractivity contribution in [3.05, 3.63) is 11.9 Å². The quantitative estimate of drug-likeness (QED) is 0.791. The van der Waals surface area contributed by atoms with Gasteiger partial charge in [0.1, 0.15) is 18.0 Å². The lowest BCUT2D eigenvalue weighted by Gasteiger charge is -2.26. The smallest absolute Gasteiger partial charge is 0.241 e. The van der Waals surface area contributed by atoms with Gasteiger partial charge in [0.2, 0.25) is 5.91 Å². The van der Waals surface area contributed by atoms with Crippen molar-refractivity contribution < 1.29 is 4.79 Å². The van der Waals surface area contributed by atoms with Gasteiger partial charge in [-0.15, -0.1) is 0 Å². The number of amides is 1. The van der Waals surface area contributed by atoms with Crippen LogP contribution in [0.25, 0.3) is 0 Å². The van der Waals surface area contributed by atoms with E-state index in [1.807, 2.05) is 7.05 Å². The van der Waals surface area contributed by atoms with Crippen molar-refractivity contribution in [3.63, 3.8) is 0 Å². The van der Waals surface area contributed by atoms with Gasteiger partial charge in [-0.3, -0.25) is 4.79 Å². The molecule has 118 valence electrons. The molecule has 0 saturated carbocycles. The lowest BCUT2D eigenvalue weighted by molar-refractivity contribution is -0.127. The van der Waals surface area contributed by atoms with Crippen LogP contribution in [0.2, 0.25) is 0 Å². The lowest BCUT2D eigenvalue weighted by Crippen LogP contribution is -2.38. The van der Waals surface area contributed by atoms with Crippen LogP contribution >= 0.6 is 0 Å². The standard InChI is InChI=1S/C15H27N5O/c1-6-8-12-14(16-3)17-11-18-15(12)20(9-7-2)10-13(21)19(4)5/h11H,6-10H2,1-5H3,(H,16,17,18). The number of hydrogen-bond donors (Lipinski definition) is 1. The number of nitrogens with one attached hydrogen (secondary N) is 1. The molecule has 1 heterocycles. The fourth-order valence-electron chi connectivity index (χ4n) is 2.21. The van der Waals surface area contributed by atoms with Gasteiger partial charge in [-0.1, -0.05) is 20.3 Å². The van der Waals surface area contributed by atoms with E-state index in [1.54, 1.807) is 25.3 Å². The predicted molar refractivity (Wildman–Crippen MR) is 86.8 cm³/mol. The zero-order valence-electron chi connectivity index (χ0n) is 13.8. The summed E-state index contributed by atoms with van der Waals surface area (Å²) in [6.07, 6.45) is 4.42. The number of carbonyl (C=O) groups excluding carboxylic acids is 1. The summed E-state index contributed by atoms with van der Waals surface area (Å²) in [7, 11) is 5.41. The summed E-state index contributed by atoms with van der Waals surface area (Å²) in [5.74, 6) is 1.80. The average molecular weight is 293 g/mol. The molecule has 0 atom stereocenters. The van der Waals surface area contributed by atoms with Crippen LogP contribution < -0.4 is 10.2 Å². The van der Waals surface area contributed by atoms with Gasteiger partial charge in [0.15, 0.2) is 0 Å². The van der Waals surface area contributed by atoms with E-state index >= 15 is 0 Å². The van der Waals surface area contributed by atoms with Crippen molar-refractivity contribution in [2.45, 2.75) is 33.1 Å². The molecule has 0 aliphatic carbocycles. The first kappa shape index (κ1) is 17.2. The van der Waals surface area contributed by atoms with Gasteiger partial charge in [0, 0.05) is 33.3 Å². The predicted octanol–water partition coefficient (Wildman–Crippen LogP) is 1.78. The number of likely N-dealkylation sites (N-methyl/N-ethyl adjacent to an activating group) is 1. The molecule has 0 spiro atoms. The zero-order valence-corrected chi connectivity index (χ0v) is 13.8. The molecule has 0 bridgehead atoms. The normalized spacial score (nSPS) is 10.3. The van der Waals surface area contributed by atoms with Crippen LogP contribution in [0.3, 0.4) is 0 Å². The van der Waals surface area contributed by atoms with Crippen LogP contribution in [0.4, 0.5) is 11.6 Å². The highest BCUT2D eigenvalue weighted by molar-refractivity contribution is 5.81. The summed E-state index contributed by atoms with van der Waals surface area (Å²) < 4.78 is 0. The molecule has 6 nitrogen and oxygen atoms in total. The Morgan fingerprint density at radius 3 is 2.48 bits per heavy atom. The Balaban J connectivity index is 3.14. The van der Waals surface area contributed by atoms with Crippen molar-refractivity contribution in [1.82, 2.24) is 14.9 Å². The number of hydrogen-bond acceptors (Lipinski definition) is 5. The van der Waals surface area contributed by atoms with Crippen LogP contribution in [0.5, 0.6) is 0 Å². The van der Waals surface area contributed by atoms with E-state index in [2.05, 4.69) is 34.0 Å². The summed E-state index contributed by atoms with van der Waals surface area (Å²) in [6, 6.07) is 0. The Labute approximate surface area is 127 Å². The molecule has 0 fully saturated rings. The number of anilines is 2. The topological polar surface area (TPSA) is 61.4 Å². The van der Waals surface area contributed by atoms with E-state index in [0.717, 1.165) is 43.0 Å². The maximum Gasteiger partial charge on any atom is 0.241 e. The minimum absolute atomic E-state index is 0.0792. The molecular weight excluding hydrogens is 266 g/mol. The molecular formula is C15H27N5O. The Kier molecular flexibility index (Phi) is 6.91. The van der Waals surface area contributed by atoms with Crippen LogP contribution in [0.15, 0.2) is 6.33 Å². The molecule has 21 heavy (non-hydrogen) atoms. The van der Waals surface area contributed by atoms with Crippen molar-refractivity contribution in [2.75, 3.05) is 44.4 Å². The third kappa shape index (κ3) is 4.58. The third-order valence-electron chi connectivity index (χ3n) is 3.28. The maximum absolute atomic E-state index is 12.1. The highest BCUT2D eigenvalue weighted by Gasteiger charge is 2.19. The van der Waals surface area contributed by atoms with Gasteiger partial charge in [0.05, 0.1) is 6.54 Å². The second-order valence-corrected chi connectivity index (χ2v) is 5.23. The molecule has 0 aromatic carbocycles. The molecule has 0 aliphatic rings. The molecule has 1 N–H and O–H groups in total. The molecule has 0 unspecified atom stereocenters. The second-order valence-electron chi connectivity index (χ2n) is 5.23. The van der Waals surface area contributed by atoms with Gasteiger partial charge in [-0.25, -0.2) is 9.97 Å². The molecule has 1 aromatic rings. The minimum Gasteiger partial charge on any atom is -0.373 e. The Bertz CT molecular complexity index is 461. The van der Waals surface area contributed by atoms with Crippen LogP contribution in [-0.2, 0) is 11.2 Å². The fraction of sp³-hybridized carbons (Fsp3) is 0.667. The first-order valence-electron chi connectivity index (χ1n) is 7.51. The first-order valence-corrected chi connectivity index (χ1v) is 7.51. The Morgan fingerprint density at radius 2 is 1.95 bits per heavy atom. The van der Waals surface area contributed by atoms with Crippen molar-refractivity contribution in [1.29, 1.82) is 0 Å². The average Bonchev–Trinajstić information content (AvgIpc) is 2.47. The van der Waals surface area contributed by atoms with Gasteiger partial charge < -0.3 is 15.1 Å². The van der Waals surface area contributed by atoms with E-state index in [4.69, 9.17) is 0 Å². The number of aromatic nitrogens is 2. The van der Waals surface area contributed by atoms with Crippen LogP contribution in [0, 0.1) is 0 Å². The number of nitrogens with zero attached hydrogens (tertiary/aromatic N) is 4. The largest absolute Gasteiger partial charge is 0.373 e. The first-order chi connectivity index (χ1) is 10.0. The van der Waals surface area contributed by atoms with E-state index in [9.17, 15) is 4.79 Å². The summed E-state index contributed by atoms with van der Waals surface area (Å²) in [6.45, 7) is 5.38. The van der Waals surface area contributed by atoms with E-state index < -0.39 is 0 Å². The summed E-state index contributed by atoms with van der Waals surface area (Å²) in [5.41, 5.74) is 1.09. The molecule has 1 aromatic heterocycles. The van der Waals surface area contributed by atoms with Crippen molar-refractivity contribution >= 4 is 17.5 Å². The van der Waals surface area contributed by atoms with Gasteiger partial charge in [0.25, 0.3) is 0 Å². The summed E-state index contributed by atoms with van der Waals surface area (Å²) in [4.78, 5) is 24.4. The molecule has 0 saturated heterocycles. The number of rotatable bonds is 8. The minimum atomic E-state index is 0.0792. The molecule has 0 aliphatic heterocycles. The highest BCUT2D eigenvalue weighted by Crippen LogP contribution is 2.25. The van der Waals surface area contributed by atoms with Gasteiger partial charge in [-0.2, -0.15) is 0 Å². The molecule has 1 rings (SSSR count). The van der Waals surface area contributed by atoms with E-state index in [1.165, 1.54) is 0 Å². The highest BCUT2D eigenvalue weighted by atomic mass is 16.2. The zero-order chi connectivity index (χ0) is 15.8. The molecule has 0 radical (unpaired) electrons. The monoisotopic (exact) mass is 293 g/mol.